The molecule has 30 heavy (non-hydrogen) atoms. The number of quaternary nitrogens is 1. The van der Waals surface area contributed by atoms with E-state index in [0.29, 0.717) is 10.6 Å². The van der Waals surface area contributed by atoms with Gasteiger partial charge in [-0.1, -0.05) is 17.7 Å². The maximum atomic E-state index is 12.4. The standard InChI is InChI=1S/C21H26N4O5/c1-13-8-14(2)21(15(3)9-13)23-20(27)12-24(4)11-19(26)22-17-7-6-16(25(28)29)10-18(17)30-5/h6-10H,11-12H2,1-5H3,(H,22,26)(H,23,27)/p+1. The van der Waals surface area contributed by atoms with E-state index in [1.54, 1.807) is 7.05 Å². The predicted octanol–water partition coefficient (Wildman–Crippen LogP) is 1.62. The van der Waals surface area contributed by atoms with Crippen LogP contribution in [0.2, 0.25) is 0 Å². The molecule has 1 atom stereocenters. The number of hydrogen-bond donors (Lipinski definition) is 3. The van der Waals surface area contributed by atoms with E-state index in [2.05, 4.69) is 10.6 Å². The van der Waals surface area contributed by atoms with Crippen molar-refractivity contribution < 1.29 is 24.1 Å². The van der Waals surface area contributed by atoms with Gasteiger partial charge in [0.05, 0.1) is 30.8 Å². The first-order valence-corrected chi connectivity index (χ1v) is 9.42. The summed E-state index contributed by atoms with van der Waals surface area (Å²) in [6.45, 7) is 6.04. The lowest BCUT2D eigenvalue weighted by Gasteiger charge is -2.16. The molecule has 0 spiro atoms. The molecule has 2 amide bonds. The summed E-state index contributed by atoms with van der Waals surface area (Å²) in [6.07, 6.45) is 0. The molecule has 2 aromatic carbocycles. The molecule has 0 aliphatic carbocycles. The van der Waals surface area contributed by atoms with E-state index >= 15 is 0 Å². The van der Waals surface area contributed by atoms with Gasteiger partial charge in [-0.2, -0.15) is 0 Å². The second-order valence-corrected chi connectivity index (χ2v) is 7.32. The minimum atomic E-state index is -0.540. The number of carbonyl (C=O) groups excluding carboxylic acids is 2. The highest BCUT2D eigenvalue weighted by Gasteiger charge is 2.18. The highest BCUT2D eigenvalue weighted by Crippen LogP contribution is 2.28. The maximum Gasteiger partial charge on any atom is 0.279 e. The number of nitrogens with one attached hydrogen (secondary N) is 3. The number of non-ortho nitro benzene ring substituents is 1. The number of likely N-dealkylation sites (N-methyl/N-ethyl adjacent to an activating group) is 1. The zero-order chi connectivity index (χ0) is 22.4. The molecule has 0 saturated heterocycles. The average molecular weight is 415 g/mol. The molecular weight excluding hydrogens is 388 g/mol. The van der Waals surface area contributed by atoms with Gasteiger partial charge in [-0.25, -0.2) is 0 Å². The van der Waals surface area contributed by atoms with Crippen LogP contribution in [0.5, 0.6) is 5.75 Å². The van der Waals surface area contributed by atoms with E-state index in [9.17, 15) is 19.7 Å². The normalized spacial score (nSPS) is 11.5. The lowest BCUT2D eigenvalue weighted by atomic mass is 10.1. The summed E-state index contributed by atoms with van der Waals surface area (Å²) in [4.78, 5) is 35.8. The number of ether oxygens (including phenoxy) is 1. The molecular formula is C21H27N4O5+. The van der Waals surface area contributed by atoms with Crippen LogP contribution >= 0.6 is 0 Å². The van der Waals surface area contributed by atoms with Gasteiger partial charge < -0.3 is 20.3 Å². The van der Waals surface area contributed by atoms with Crippen molar-refractivity contribution in [2.45, 2.75) is 20.8 Å². The smallest absolute Gasteiger partial charge is 0.279 e. The molecule has 0 aliphatic rings. The van der Waals surface area contributed by atoms with Crippen molar-refractivity contribution in [3.8, 4) is 5.75 Å². The number of nitrogens with zero attached hydrogens (tertiary/aromatic N) is 1. The van der Waals surface area contributed by atoms with Crippen molar-refractivity contribution in [1.29, 1.82) is 0 Å². The molecule has 2 aromatic rings. The molecule has 0 radical (unpaired) electrons. The number of nitro benzene ring substituents is 1. The first kappa shape index (κ1) is 22.8. The monoisotopic (exact) mass is 415 g/mol. The lowest BCUT2D eigenvalue weighted by Crippen LogP contribution is -3.11. The minimum Gasteiger partial charge on any atom is -0.494 e. The fraction of sp³-hybridized carbons (Fsp3) is 0.333. The average Bonchev–Trinajstić information content (AvgIpc) is 2.64. The third kappa shape index (κ3) is 6.02. The van der Waals surface area contributed by atoms with Gasteiger partial charge in [-0.05, 0) is 38.0 Å². The second-order valence-electron chi connectivity index (χ2n) is 7.32. The predicted molar refractivity (Wildman–Crippen MR) is 114 cm³/mol. The zero-order valence-corrected chi connectivity index (χ0v) is 17.8. The summed E-state index contributed by atoms with van der Waals surface area (Å²) in [5, 5.41) is 16.4. The van der Waals surface area contributed by atoms with E-state index in [0.717, 1.165) is 22.4 Å². The van der Waals surface area contributed by atoms with Crippen LogP contribution in [-0.4, -0.2) is 44.0 Å². The van der Waals surface area contributed by atoms with Crippen molar-refractivity contribution in [3.05, 3.63) is 57.1 Å². The molecule has 2 rings (SSSR count). The Hall–Kier alpha value is -3.46. The first-order valence-electron chi connectivity index (χ1n) is 9.42. The Morgan fingerprint density at radius 1 is 1.03 bits per heavy atom. The fourth-order valence-corrected chi connectivity index (χ4v) is 3.26. The van der Waals surface area contributed by atoms with Crippen LogP contribution in [0, 0.1) is 30.9 Å². The fourth-order valence-electron chi connectivity index (χ4n) is 3.26. The van der Waals surface area contributed by atoms with Crippen LogP contribution < -0.4 is 20.3 Å². The van der Waals surface area contributed by atoms with Gasteiger partial charge in [-0.15, -0.1) is 0 Å². The SMILES string of the molecule is COc1cc([N+](=O)[O-])ccc1NC(=O)C[NH+](C)CC(=O)Nc1c(C)cc(C)cc1C. The number of rotatable bonds is 8. The van der Waals surface area contributed by atoms with Gasteiger partial charge in [0.2, 0.25) is 0 Å². The van der Waals surface area contributed by atoms with Crippen molar-refractivity contribution in [1.82, 2.24) is 0 Å². The number of aryl methyl sites for hydroxylation is 3. The quantitative estimate of drug-likeness (QED) is 0.448. The molecule has 0 aliphatic heterocycles. The van der Waals surface area contributed by atoms with Gasteiger partial charge in [0.1, 0.15) is 5.75 Å². The number of hydrogen-bond acceptors (Lipinski definition) is 5. The number of benzene rings is 2. The zero-order valence-electron chi connectivity index (χ0n) is 17.8. The summed E-state index contributed by atoms with van der Waals surface area (Å²) >= 11 is 0. The number of methoxy groups -OCH3 is 1. The summed E-state index contributed by atoms with van der Waals surface area (Å²) in [5.74, 6) is -0.336. The molecule has 0 bridgehead atoms. The highest BCUT2D eigenvalue weighted by atomic mass is 16.6. The van der Waals surface area contributed by atoms with Gasteiger partial charge in [0.15, 0.2) is 13.1 Å². The third-order valence-corrected chi connectivity index (χ3v) is 4.54. The maximum absolute atomic E-state index is 12.4. The Morgan fingerprint density at radius 2 is 1.60 bits per heavy atom. The molecule has 0 heterocycles. The highest BCUT2D eigenvalue weighted by molar-refractivity contribution is 5.94. The molecule has 0 aromatic heterocycles. The Kier molecular flexibility index (Phi) is 7.48. The van der Waals surface area contributed by atoms with Crippen LogP contribution in [0.1, 0.15) is 16.7 Å². The third-order valence-electron chi connectivity index (χ3n) is 4.54. The first-order chi connectivity index (χ1) is 14.1. The van der Waals surface area contributed by atoms with Crippen LogP contribution in [0.3, 0.4) is 0 Å². The van der Waals surface area contributed by atoms with Crippen molar-refractivity contribution in [3.63, 3.8) is 0 Å². The Morgan fingerprint density at radius 3 is 2.13 bits per heavy atom. The van der Waals surface area contributed by atoms with E-state index < -0.39 is 4.92 Å². The number of anilines is 2. The van der Waals surface area contributed by atoms with Crippen molar-refractivity contribution >= 4 is 28.9 Å². The summed E-state index contributed by atoms with van der Waals surface area (Å²) in [5.41, 5.74) is 4.09. The molecule has 0 saturated carbocycles. The van der Waals surface area contributed by atoms with Gasteiger partial charge in [0, 0.05) is 11.8 Å². The Bertz CT molecular complexity index is 951. The van der Waals surface area contributed by atoms with Crippen molar-refractivity contribution in [2.75, 3.05) is 37.9 Å². The number of amides is 2. The van der Waals surface area contributed by atoms with E-state index in [-0.39, 0.29) is 36.3 Å². The molecule has 0 fully saturated rings. The topological polar surface area (TPSA) is 115 Å². The summed E-state index contributed by atoms with van der Waals surface area (Å²) in [7, 11) is 3.10. The molecule has 9 nitrogen and oxygen atoms in total. The number of nitro groups is 1. The Balaban J connectivity index is 1.95. The van der Waals surface area contributed by atoms with Crippen LogP contribution in [-0.2, 0) is 9.59 Å². The van der Waals surface area contributed by atoms with Crippen LogP contribution in [0.4, 0.5) is 17.1 Å². The lowest BCUT2D eigenvalue weighted by molar-refractivity contribution is -0.862. The van der Waals surface area contributed by atoms with E-state index in [4.69, 9.17) is 4.74 Å². The largest absolute Gasteiger partial charge is 0.494 e. The molecule has 9 heteroatoms. The Labute approximate surface area is 175 Å². The van der Waals surface area contributed by atoms with Gasteiger partial charge >= 0.3 is 0 Å². The molecule has 1 unspecified atom stereocenters. The van der Waals surface area contributed by atoms with Crippen molar-refractivity contribution in [2.24, 2.45) is 0 Å². The van der Waals surface area contributed by atoms with E-state index in [1.807, 2.05) is 32.9 Å². The number of carbonyl (C=O) groups is 2. The molecule has 3 N–H and O–H groups in total. The molecule has 160 valence electrons. The van der Waals surface area contributed by atoms with Gasteiger partial charge in [-0.3, -0.25) is 19.7 Å². The minimum absolute atomic E-state index is 0.0411. The summed E-state index contributed by atoms with van der Waals surface area (Å²) in [6, 6.07) is 7.95. The second kappa shape index (κ2) is 9.84. The van der Waals surface area contributed by atoms with E-state index in [1.165, 1.54) is 25.3 Å². The van der Waals surface area contributed by atoms with Crippen LogP contribution in [0.25, 0.3) is 0 Å². The van der Waals surface area contributed by atoms with Gasteiger partial charge in [0.25, 0.3) is 17.5 Å². The van der Waals surface area contributed by atoms with Crippen LogP contribution in [0.15, 0.2) is 30.3 Å². The summed E-state index contributed by atoms with van der Waals surface area (Å²) < 4.78 is 5.11.